The third-order valence-corrected chi connectivity index (χ3v) is 6.24. The molecule has 1 aromatic carbocycles. The van der Waals surface area contributed by atoms with Crippen molar-refractivity contribution in [3.63, 3.8) is 0 Å². The largest absolute Gasteiger partial charge is 0.460 e. The molecule has 4 saturated heterocycles. The van der Waals surface area contributed by atoms with Gasteiger partial charge in [0.15, 0.2) is 5.41 Å². The molecule has 4 aliphatic heterocycles. The zero-order chi connectivity index (χ0) is 18.4. The van der Waals surface area contributed by atoms with Crippen molar-refractivity contribution < 1.29 is 19.1 Å². The van der Waals surface area contributed by atoms with Crippen molar-refractivity contribution in [2.24, 2.45) is 15.6 Å². The van der Waals surface area contributed by atoms with E-state index in [4.69, 9.17) is 21.1 Å². The van der Waals surface area contributed by atoms with Crippen LogP contribution in [0.25, 0.3) is 0 Å². The monoisotopic (exact) mass is 386 g/mol. The molecule has 4 aliphatic rings. The highest BCUT2D eigenvalue weighted by atomic mass is 35.5. The van der Waals surface area contributed by atoms with Gasteiger partial charge in [-0.1, -0.05) is 23.7 Å². The molecule has 5 heterocycles. The maximum Gasteiger partial charge on any atom is 0.213 e. The number of hydrogen-bond donors (Lipinski definition) is 3. The predicted octanol–water partition coefficient (Wildman–Crippen LogP) is -1.38. The Morgan fingerprint density at radius 2 is 1.63 bits per heavy atom. The smallest absolute Gasteiger partial charge is 0.213 e. The lowest BCUT2D eigenvalue weighted by Gasteiger charge is -2.52. The van der Waals surface area contributed by atoms with Gasteiger partial charge in [-0.25, -0.2) is 14.7 Å². The Bertz CT molecular complexity index is 866. The minimum atomic E-state index is 0.0685. The van der Waals surface area contributed by atoms with Gasteiger partial charge in [-0.3, -0.25) is 0 Å². The molecule has 0 aliphatic carbocycles. The lowest BCUT2D eigenvalue weighted by Crippen LogP contribution is -3.56. The van der Waals surface area contributed by atoms with Crippen LogP contribution >= 0.6 is 11.6 Å². The van der Waals surface area contributed by atoms with Gasteiger partial charge in [-0.2, -0.15) is 10.2 Å². The number of nitrogens with zero attached hydrogens (tertiary/aromatic N) is 2. The second kappa shape index (κ2) is 6.56. The highest BCUT2D eigenvalue weighted by Gasteiger charge is 2.60. The fourth-order valence-corrected chi connectivity index (χ4v) is 5.37. The molecule has 4 bridgehead atoms. The van der Waals surface area contributed by atoms with Gasteiger partial charge >= 0.3 is 0 Å². The molecule has 27 heavy (non-hydrogen) atoms. The molecular formula is C20H25ClN5O+3. The maximum absolute atomic E-state index is 6.13. The summed E-state index contributed by atoms with van der Waals surface area (Å²) in [6.45, 7) is 9.03. The Kier molecular flexibility index (Phi) is 4.16. The highest BCUT2D eigenvalue weighted by Crippen LogP contribution is 2.24. The Balaban J connectivity index is 1.53. The van der Waals surface area contributed by atoms with Crippen molar-refractivity contribution in [1.29, 1.82) is 0 Å². The summed E-state index contributed by atoms with van der Waals surface area (Å²) in [6.07, 6.45) is 1.71. The predicted molar refractivity (Wildman–Crippen MR) is 104 cm³/mol. The fraction of sp³-hybridized carbons (Fsp3) is 0.400. The molecular weight excluding hydrogens is 362 g/mol. The average Bonchev–Trinajstić information content (AvgIpc) is 3.04. The summed E-state index contributed by atoms with van der Waals surface area (Å²) in [5, 5.41) is 9.93. The van der Waals surface area contributed by atoms with E-state index in [9.17, 15) is 0 Å². The molecule has 0 unspecified atom stereocenters. The number of nitrogens with one attached hydrogen (secondary N) is 3. The molecule has 0 amide bonds. The topological polar surface area (TPSA) is 51.2 Å². The zero-order valence-corrected chi connectivity index (χ0v) is 16.2. The quantitative estimate of drug-likeness (QED) is 0.440. The van der Waals surface area contributed by atoms with Crippen LogP contribution < -0.4 is 14.7 Å². The van der Waals surface area contributed by atoms with Gasteiger partial charge in [0.2, 0.25) is 20.0 Å². The summed E-state index contributed by atoms with van der Waals surface area (Å²) in [5.74, 6) is 1.61. The number of furan rings is 1. The number of benzene rings is 1. The van der Waals surface area contributed by atoms with E-state index in [1.54, 1.807) is 20.9 Å². The third-order valence-electron chi connectivity index (χ3n) is 5.99. The number of aryl methyl sites for hydroxylation is 1. The maximum atomic E-state index is 6.13. The SMILES string of the molecule is Cc1ccc(/C=N\N=C(/c2ccc(Cl)cc2)C23C[NH+]4C[NH+](C[NH+](C4)C2)C3)o1. The Labute approximate surface area is 163 Å². The fourth-order valence-electron chi connectivity index (χ4n) is 5.24. The third kappa shape index (κ3) is 3.23. The first kappa shape index (κ1) is 17.1. The summed E-state index contributed by atoms with van der Waals surface area (Å²) >= 11 is 6.13. The van der Waals surface area contributed by atoms with E-state index in [1.165, 1.54) is 20.0 Å². The second-order valence-electron chi connectivity index (χ2n) is 8.24. The molecule has 140 valence electrons. The van der Waals surface area contributed by atoms with Crippen LogP contribution in [-0.4, -0.2) is 51.6 Å². The minimum Gasteiger partial charge on any atom is -0.460 e. The number of rotatable bonds is 4. The van der Waals surface area contributed by atoms with Gasteiger partial charge in [0.1, 0.15) is 31.2 Å². The summed E-state index contributed by atoms with van der Waals surface area (Å²) in [5.41, 5.74) is 2.28. The zero-order valence-electron chi connectivity index (χ0n) is 15.5. The van der Waals surface area contributed by atoms with Gasteiger partial charge in [0, 0.05) is 5.02 Å². The van der Waals surface area contributed by atoms with E-state index in [0.29, 0.717) is 0 Å². The van der Waals surface area contributed by atoms with Crippen LogP contribution in [0.2, 0.25) is 5.02 Å². The van der Waals surface area contributed by atoms with Gasteiger partial charge in [-0.15, -0.1) is 0 Å². The molecule has 3 N–H and O–H groups in total. The van der Waals surface area contributed by atoms with Crippen molar-refractivity contribution in [1.82, 2.24) is 0 Å². The number of hydrogen-bond acceptors (Lipinski definition) is 3. The summed E-state index contributed by atoms with van der Waals surface area (Å²) in [4.78, 5) is 5.03. The van der Waals surface area contributed by atoms with E-state index in [2.05, 4.69) is 17.2 Å². The molecule has 4 fully saturated rings. The van der Waals surface area contributed by atoms with Crippen molar-refractivity contribution in [3.05, 3.63) is 58.5 Å². The molecule has 2 aromatic rings. The Morgan fingerprint density at radius 3 is 2.19 bits per heavy atom. The number of quaternary nitrogens is 3. The first-order valence-corrected chi connectivity index (χ1v) is 9.92. The standard InChI is InChI=1S/C20H22ClN5O/c1-15-2-7-18(27-15)8-22-23-19(16-3-5-17(21)6-4-16)20-9-24-12-25(10-20)14-26(11-20)13-24/h2-8H,9-14H2,1H3/p+3/b22-8-,23-19+. The second-order valence-corrected chi connectivity index (χ2v) is 8.68. The highest BCUT2D eigenvalue weighted by molar-refractivity contribution is 6.30. The first-order chi connectivity index (χ1) is 13.1. The van der Waals surface area contributed by atoms with Crippen LogP contribution in [0.3, 0.4) is 0 Å². The summed E-state index contributed by atoms with van der Waals surface area (Å²) < 4.78 is 5.59. The van der Waals surface area contributed by atoms with Gasteiger partial charge in [0.25, 0.3) is 0 Å². The molecule has 7 heteroatoms. The summed E-state index contributed by atoms with van der Waals surface area (Å²) in [6, 6.07) is 11.9. The lowest BCUT2D eigenvalue weighted by molar-refractivity contribution is -1.30. The molecule has 1 aromatic heterocycles. The van der Waals surface area contributed by atoms with Gasteiger partial charge < -0.3 is 4.42 Å². The minimum absolute atomic E-state index is 0.0685. The van der Waals surface area contributed by atoms with E-state index in [-0.39, 0.29) is 5.41 Å². The molecule has 0 spiro atoms. The Hall–Kier alpha value is -1.99. The van der Waals surface area contributed by atoms with Crippen LogP contribution in [0.15, 0.2) is 51.0 Å². The van der Waals surface area contributed by atoms with Gasteiger partial charge in [-0.05, 0) is 36.8 Å². The number of halogens is 1. The van der Waals surface area contributed by atoms with E-state index >= 15 is 0 Å². The van der Waals surface area contributed by atoms with Crippen molar-refractivity contribution in [2.75, 3.05) is 39.6 Å². The van der Waals surface area contributed by atoms with Crippen LogP contribution in [0.1, 0.15) is 17.1 Å². The van der Waals surface area contributed by atoms with E-state index in [0.717, 1.165) is 47.5 Å². The molecule has 6 nitrogen and oxygen atoms in total. The van der Waals surface area contributed by atoms with Crippen molar-refractivity contribution in [3.8, 4) is 0 Å². The van der Waals surface area contributed by atoms with Crippen LogP contribution in [0.5, 0.6) is 0 Å². The average molecular weight is 387 g/mol. The van der Waals surface area contributed by atoms with Crippen molar-refractivity contribution >= 4 is 23.5 Å². The summed E-state index contributed by atoms with van der Waals surface area (Å²) in [7, 11) is 0. The van der Waals surface area contributed by atoms with Crippen molar-refractivity contribution in [2.45, 2.75) is 6.92 Å². The Morgan fingerprint density at radius 1 is 1.00 bits per heavy atom. The van der Waals surface area contributed by atoms with Crippen LogP contribution in [0.4, 0.5) is 0 Å². The van der Waals surface area contributed by atoms with Gasteiger partial charge in [0.05, 0.1) is 11.9 Å². The van der Waals surface area contributed by atoms with E-state index in [1.807, 2.05) is 31.2 Å². The molecule has 0 atom stereocenters. The van der Waals surface area contributed by atoms with Crippen LogP contribution in [0, 0.1) is 12.3 Å². The lowest BCUT2D eigenvalue weighted by atomic mass is 9.74. The van der Waals surface area contributed by atoms with Crippen LogP contribution in [-0.2, 0) is 0 Å². The normalized spacial score (nSPS) is 32.5. The van der Waals surface area contributed by atoms with E-state index < -0.39 is 0 Å². The molecule has 0 saturated carbocycles. The molecule has 0 radical (unpaired) electrons. The first-order valence-electron chi connectivity index (χ1n) is 9.54. The molecule has 6 rings (SSSR count).